The van der Waals surface area contributed by atoms with Crippen molar-refractivity contribution in [1.29, 1.82) is 0 Å². The van der Waals surface area contributed by atoms with Crippen molar-refractivity contribution in [2.75, 3.05) is 6.26 Å². The largest absolute Gasteiger partial charge is 0.437 e. The number of carbonyl (C=O) groups is 1. The summed E-state index contributed by atoms with van der Waals surface area (Å²) in [7, 11) is -3.60. The minimum Gasteiger partial charge on any atom is -0.436 e. The minimum absolute atomic E-state index is 0.0159. The molecule has 2 aromatic carbocycles. The van der Waals surface area contributed by atoms with Crippen LogP contribution >= 0.6 is 11.3 Å². The first-order valence-electron chi connectivity index (χ1n) is 10.1. The van der Waals surface area contributed by atoms with Crippen molar-refractivity contribution in [3.05, 3.63) is 89.2 Å². The van der Waals surface area contributed by atoms with Gasteiger partial charge in [0.2, 0.25) is 0 Å². The number of halogens is 3. The Kier molecular flexibility index (Phi) is 5.29. The third kappa shape index (κ3) is 3.71. The van der Waals surface area contributed by atoms with Crippen molar-refractivity contribution in [1.82, 2.24) is 9.97 Å². The number of aromatic nitrogens is 2. The van der Waals surface area contributed by atoms with Crippen molar-refractivity contribution < 1.29 is 31.1 Å². The van der Waals surface area contributed by atoms with Crippen LogP contribution in [0.15, 0.2) is 77.4 Å². The van der Waals surface area contributed by atoms with E-state index in [1.807, 2.05) is 0 Å². The van der Waals surface area contributed by atoms with Crippen LogP contribution in [0.4, 0.5) is 13.2 Å². The van der Waals surface area contributed by atoms with Gasteiger partial charge in [-0.1, -0.05) is 24.3 Å². The van der Waals surface area contributed by atoms with E-state index in [-0.39, 0.29) is 27.2 Å². The molecule has 1 aliphatic heterocycles. The van der Waals surface area contributed by atoms with Gasteiger partial charge in [0.15, 0.2) is 9.84 Å². The van der Waals surface area contributed by atoms with Gasteiger partial charge in [-0.3, -0.25) is 4.98 Å². The zero-order valence-corrected chi connectivity index (χ0v) is 19.5. The Labute approximate surface area is 201 Å². The molecule has 2 aromatic heterocycles. The number of ether oxygens (including phenoxy) is 1. The van der Waals surface area contributed by atoms with Crippen LogP contribution in [0.3, 0.4) is 0 Å². The molecule has 0 aliphatic carbocycles. The first-order chi connectivity index (χ1) is 16.5. The van der Waals surface area contributed by atoms with Gasteiger partial charge >= 0.3 is 12.1 Å². The van der Waals surface area contributed by atoms with Gasteiger partial charge < -0.3 is 4.74 Å². The van der Waals surface area contributed by atoms with Crippen molar-refractivity contribution in [2.45, 2.75) is 16.7 Å². The summed E-state index contributed by atoms with van der Waals surface area (Å²) in [5.74, 6) is -1.16. The maximum Gasteiger partial charge on any atom is 0.437 e. The Bertz CT molecular complexity index is 1600. The number of thiazole rings is 1. The van der Waals surface area contributed by atoms with Crippen molar-refractivity contribution >= 4 is 48.5 Å². The molecule has 0 bridgehead atoms. The van der Waals surface area contributed by atoms with Gasteiger partial charge in [0.25, 0.3) is 5.60 Å². The minimum atomic E-state index is -5.07. The van der Waals surface area contributed by atoms with Crippen LogP contribution in [0.2, 0.25) is 0 Å². The molecule has 1 aliphatic rings. The van der Waals surface area contributed by atoms with E-state index in [1.54, 1.807) is 11.6 Å². The topological polar surface area (TPSA) is 86.2 Å². The fourth-order valence-electron chi connectivity index (χ4n) is 4.15. The maximum absolute atomic E-state index is 14.9. The number of hydrogen-bond acceptors (Lipinski definition) is 7. The molecule has 0 fully saturated rings. The molecule has 11 heteroatoms. The Morgan fingerprint density at radius 2 is 1.74 bits per heavy atom. The average molecular weight is 517 g/mol. The van der Waals surface area contributed by atoms with E-state index in [4.69, 9.17) is 4.74 Å². The highest BCUT2D eigenvalue weighted by molar-refractivity contribution is 7.90. The Morgan fingerprint density at radius 1 is 1.03 bits per heavy atom. The number of pyridine rings is 1. The zero-order chi connectivity index (χ0) is 25.0. The number of sulfone groups is 1. The molecule has 1 unspecified atom stereocenters. The van der Waals surface area contributed by atoms with E-state index in [0.29, 0.717) is 5.52 Å². The molecule has 178 valence electrons. The summed E-state index contributed by atoms with van der Waals surface area (Å²) in [5.41, 5.74) is -1.97. The van der Waals surface area contributed by atoms with Crippen LogP contribution in [-0.2, 0) is 25.0 Å². The van der Waals surface area contributed by atoms with Crippen molar-refractivity contribution in [3.8, 4) is 0 Å². The van der Waals surface area contributed by atoms with Crippen LogP contribution in [0, 0.1) is 0 Å². The lowest BCUT2D eigenvalue weighted by atomic mass is 9.80. The summed E-state index contributed by atoms with van der Waals surface area (Å²) in [6.45, 7) is 0. The zero-order valence-electron chi connectivity index (χ0n) is 17.9. The number of benzene rings is 2. The molecular weight excluding hydrogens is 501 g/mol. The van der Waals surface area contributed by atoms with Crippen molar-refractivity contribution in [3.63, 3.8) is 0 Å². The second-order valence-corrected chi connectivity index (χ2v) is 10.8. The number of carbonyl (C=O) groups excluding carboxylic acids is 1. The van der Waals surface area contributed by atoms with Gasteiger partial charge in [0, 0.05) is 29.8 Å². The quantitative estimate of drug-likeness (QED) is 0.354. The molecule has 5 rings (SSSR count). The first-order valence-corrected chi connectivity index (χ1v) is 12.9. The predicted octanol–water partition coefficient (Wildman–Crippen LogP) is 5.02. The molecule has 0 N–H and O–H groups in total. The summed E-state index contributed by atoms with van der Waals surface area (Å²) >= 11 is 1.35. The highest BCUT2D eigenvalue weighted by Crippen LogP contribution is 2.57. The van der Waals surface area contributed by atoms with E-state index in [0.717, 1.165) is 17.2 Å². The van der Waals surface area contributed by atoms with Gasteiger partial charge in [-0.05, 0) is 41.5 Å². The van der Waals surface area contributed by atoms with Gasteiger partial charge in [-0.25, -0.2) is 18.2 Å². The van der Waals surface area contributed by atoms with E-state index in [1.165, 1.54) is 66.1 Å². The summed E-state index contributed by atoms with van der Waals surface area (Å²) < 4.78 is 74.6. The molecule has 0 saturated heterocycles. The van der Waals surface area contributed by atoms with E-state index >= 15 is 0 Å². The highest BCUT2D eigenvalue weighted by atomic mass is 32.2. The molecule has 1 atom stereocenters. The van der Waals surface area contributed by atoms with Crippen LogP contribution in [0.1, 0.15) is 16.7 Å². The number of cyclic esters (lactones) is 1. The molecule has 3 heterocycles. The number of esters is 1. The van der Waals surface area contributed by atoms with E-state index in [9.17, 15) is 26.4 Å². The SMILES string of the molecule is CS(=O)(=O)c1ccc(C2=C(c3ccc4scnc4c3)C(=O)OC2(c2cccnc2)C(F)(F)F)cc1. The highest BCUT2D eigenvalue weighted by Gasteiger charge is 2.66. The third-order valence-corrected chi connectivity index (χ3v) is 7.65. The van der Waals surface area contributed by atoms with Gasteiger partial charge in [0.05, 0.1) is 26.2 Å². The fraction of sp³-hybridized carbons (Fsp3) is 0.125. The molecule has 0 saturated carbocycles. The number of nitrogens with zero attached hydrogens (tertiary/aromatic N) is 2. The second kappa shape index (κ2) is 7.99. The Balaban J connectivity index is 1.87. The molecule has 6 nitrogen and oxygen atoms in total. The number of rotatable bonds is 4. The summed E-state index contributed by atoms with van der Waals surface area (Å²) in [6, 6.07) is 12.1. The lowest BCUT2D eigenvalue weighted by Crippen LogP contribution is -2.44. The lowest BCUT2D eigenvalue weighted by molar-refractivity contribution is -0.246. The number of alkyl halides is 3. The smallest absolute Gasteiger partial charge is 0.436 e. The standard InChI is InChI=1S/C24H15F3N2O4S2/c1-35(31,32)17-7-4-14(5-8-17)21-20(15-6-9-19-18(11-15)29-13-34-19)22(30)33-23(21,24(25,26)27)16-3-2-10-28-12-16/h2-13H,1H3. The maximum atomic E-state index is 14.9. The van der Waals surface area contributed by atoms with Crippen LogP contribution in [0.5, 0.6) is 0 Å². The lowest BCUT2D eigenvalue weighted by Gasteiger charge is -2.33. The molecule has 35 heavy (non-hydrogen) atoms. The number of fused-ring (bicyclic) bond motifs is 1. The summed E-state index contributed by atoms with van der Waals surface area (Å²) in [4.78, 5) is 21.1. The molecule has 0 spiro atoms. The molecular formula is C24H15F3N2O4S2. The van der Waals surface area contributed by atoms with Crippen LogP contribution < -0.4 is 0 Å². The Hall–Kier alpha value is -3.57. The second-order valence-electron chi connectivity index (χ2n) is 7.89. The average Bonchev–Trinajstić information content (AvgIpc) is 3.41. The van der Waals surface area contributed by atoms with Crippen LogP contribution in [-0.4, -0.2) is 36.8 Å². The normalized spacial score (nSPS) is 18.8. The van der Waals surface area contributed by atoms with Gasteiger partial charge in [-0.2, -0.15) is 13.2 Å². The summed E-state index contributed by atoms with van der Waals surface area (Å²) in [6.07, 6.45) is -1.76. The van der Waals surface area contributed by atoms with Gasteiger partial charge in [0.1, 0.15) is 0 Å². The Morgan fingerprint density at radius 3 is 2.37 bits per heavy atom. The molecule has 0 amide bonds. The first kappa shape index (κ1) is 23.2. The molecule has 0 radical (unpaired) electrons. The van der Waals surface area contributed by atoms with Gasteiger partial charge in [-0.15, -0.1) is 11.3 Å². The van der Waals surface area contributed by atoms with Crippen molar-refractivity contribution in [2.24, 2.45) is 0 Å². The van der Waals surface area contributed by atoms with Crippen LogP contribution in [0.25, 0.3) is 21.4 Å². The predicted molar refractivity (Wildman–Crippen MR) is 124 cm³/mol. The van der Waals surface area contributed by atoms with E-state index in [2.05, 4.69) is 9.97 Å². The fourth-order valence-corrected chi connectivity index (χ4v) is 5.44. The third-order valence-electron chi connectivity index (χ3n) is 5.71. The monoisotopic (exact) mass is 516 g/mol. The molecule has 4 aromatic rings. The summed E-state index contributed by atoms with van der Waals surface area (Å²) in [5, 5.41) is 0. The van der Waals surface area contributed by atoms with E-state index < -0.39 is 33.2 Å². The number of hydrogen-bond donors (Lipinski definition) is 0.